The first-order chi connectivity index (χ1) is 10.3. The van der Waals surface area contributed by atoms with E-state index in [-0.39, 0.29) is 6.04 Å². The van der Waals surface area contributed by atoms with Gasteiger partial charge in [0.15, 0.2) is 0 Å². The molecule has 0 bridgehead atoms. The van der Waals surface area contributed by atoms with Crippen LogP contribution in [0.5, 0.6) is 5.75 Å². The molecule has 0 aliphatic rings. The number of ether oxygens (including phenoxy) is 1. The van der Waals surface area contributed by atoms with E-state index in [0.29, 0.717) is 6.42 Å². The Bertz CT molecular complexity index is 590. The first-order valence-corrected chi connectivity index (χ1v) is 7.11. The van der Waals surface area contributed by atoms with Crippen LogP contribution in [0, 0.1) is 11.3 Å². The van der Waals surface area contributed by atoms with Crippen molar-refractivity contribution in [1.29, 1.82) is 5.26 Å². The third-order valence-corrected chi connectivity index (χ3v) is 3.44. The molecule has 108 valence electrons. The molecule has 0 aliphatic carbocycles. The SMILES string of the molecule is COc1cccc(CCNC(CC#N)c2ccccc2)c1. The first-order valence-electron chi connectivity index (χ1n) is 7.11. The average molecular weight is 280 g/mol. The molecule has 2 rings (SSSR count). The topological polar surface area (TPSA) is 45.0 Å². The summed E-state index contributed by atoms with van der Waals surface area (Å²) in [7, 11) is 1.68. The van der Waals surface area contributed by atoms with Crippen LogP contribution in [0.15, 0.2) is 54.6 Å². The molecule has 0 heterocycles. The van der Waals surface area contributed by atoms with Gasteiger partial charge < -0.3 is 10.1 Å². The molecular formula is C18H20N2O. The summed E-state index contributed by atoms with van der Waals surface area (Å²) in [5.41, 5.74) is 2.38. The maximum Gasteiger partial charge on any atom is 0.119 e. The van der Waals surface area contributed by atoms with Crippen LogP contribution in [-0.4, -0.2) is 13.7 Å². The lowest BCUT2D eigenvalue weighted by Crippen LogP contribution is -2.23. The van der Waals surface area contributed by atoms with Gasteiger partial charge in [0.25, 0.3) is 0 Å². The maximum atomic E-state index is 8.98. The summed E-state index contributed by atoms with van der Waals surface area (Å²) in [6, 6.07) is 20.5. The molecule has 1 atom stereocenters. The molecule has 0 fully saturated rings. The van der Waals surface area contributed by atoms with E-state index in [0.717, 1.165) is 24.3 Å². The molecule has 0 spiro atoms. The van der Waals surface area contributed by atoms with Gasteiger partial charge >= 0.3 is 0 Å². The molecular weight excluding hydrogens is 260 g/mol. The molecule has 1 unspecified atom stereocenters. The van der Waals surface area contributed by atoms with Gasteiger partial charge in [-0.3, -0.25) is 0 Å². The monoisotopic (exact) mass is 280 g/mol. The number of nitrogens with one attached hydrogen (secondary N) is 1. The number of nitriles is 1. The average Bonchev–Trinajstić information content (AvgIpc) is 2.55. The maximum absolute atomic E-state index is 8.98. The molecule has 1 N–H and O–H groups in total. The van der Waals surface area contributed by atoms with Gasteiger partial charge in [-0.15, -0.1) is 0 Å². The van der Waals surface area contributed by atoms with Gasteiger partial charge in [0.1, 0.15) is 5.75 Å². The zero-order chi connectivity index (χ0) is 14.9. The van der Waals surface area contributed by atoms with Crippen molar-refractivity contribution in [3.8, 4) is 11.8 Å². The molecule has 0 saturated carbocycles. The van der Waals surface area contributed by atoms with Crippen LogP contribution < -0.4 is 10.1 Å². The van der Waals surface area contributed by atoms with Gasteiger partial charge in [-0.1, -0.05) is 42.5 Å². The van der Waals surface area contributed by atoms with Crippen molar-refractivity contribution in [2.24, 2.45) is 0 Å². The lowest BCUT2D eigenvalue weighted by atomic mass is 10.0. The van der Waals surface area contributed by atoms with Crippen molar-refractivity contribution >= 4 is 0 Å². The molecule has 0 amide bonds. The smallest absolute Gasteiger partial charge is 0.119 e. The van der Waals surface area contributed by atoms with E-state index in [9.17, 15) is 0 Å². The Morgan fingerprint density at radius 2 is 1.95 bits per heavy atom. The van der Waals surface area contributed by atoms with Gasteiger partial charge in [0.05, 0.1) is 19.6 Å². The van der Waals surface area contributed by atoms with Gasteiger partial charge in [-0.2, -0.15) is 5.26 Å². The molecule has 2 aromatic carbocycles. The zero-order valence-corrected chi connectivity index (χ0v) is 12.3. The summed E-state index contributed by atoms with van der Waals surface area (Å²) in [5, 5.41) is 12.4. The first kappa shape index (κ1) is 15.1. The third-order valence-electron chi connectivity index (χ3n) is 3.44. The van der Waals surface area contributed by atoms with E-state index in [1.54, 1.807) is 7.11 Å². The Hall–Kier alpha value is -2.31. The number of hydrogen-bond donors (Lipinski definition) is 1. The van der Waals surface area contributed by atoms with Crippen molar-refractivity contribution < 1.29 is 4.74 Å². The van der Waals surface area contributed by atoms with E-state index in [1.807, 2.05) is 36.4 Å². The van der Waals surface area contributed by atoms with Gasteiger partial charge in [-0.25, -0.2) is 0 Å². The minimum Gasteiger partial charge on any atom is -0.497 e. The second-order valence-electron chi connectivity index (χ2n) is 4.88. The predicted octanol–water partition coefficient (Wildman–Crippen LogP) is 3.48. The fraction of sp³-hybridized carbons (Fsp3) is 0.278. The van der Waals surface area contributed by atoms with E-state index >= 15 is 0 Å². The second kappa shape index (κ2) is 8.08. The lowest BCUT2D eigenvalue weighted by molar-refractivity contribution is 0.414. The van der Waals surface area contributed by atoms with Crippen molar-refractivity contribution in [3.63, 3.8) is 0 Å². The molecule has 0 radical (unpaired) electrons. The highest BCUT2D eigenvalue weighted by atomic mass is 16.5. The largest absolute Gasteiger partial charge is 0.497 e. The summed E-state index contributed by atoms with van der Waals surface area (Å²) in [5.74, 6) is 0.879. The summed E-state index contributed by atoms with van der Waals surface area (Å²) < 4.78 is 5.23. The fourth-order valence-electron chi connectivity index (χ4n) is 2.30. The molecule has 3 nitrogen and oxygen atoms in total. The van der Waals surface area contributed by atoms with Crippen LogP contribution in [0.4, 0.5) is 0 Å². The van der Waals surface area contributed by atoms with E-state index in [1.165, 1.54) is 5.56 Å². The normalized spacial score (nSPS) is 11.6. The van der Waals surface area contributed by atoms with E-state index < -0.39 is 0 Å². The quantitative estimate of drug-likeness (QED) is 0.844. The fourth-order valence-corrected chi connectivity index (χ4v) is 2.30. The van der Waals surface area contributed by atoms with Crippen molar-refractivity contribution in [2.75, 3.05) is 13.7 Å². The Kier molecular flexibility index (Phi) is 5.81. The Labute approximate surface area is 126 Å². The number of hydrogen-bond acceptors (Lipinski definition) is 3. The molecule has 3 heteroatoms. The van der Waals surface area contributed by atoms with Gasteiger partial charge in [-0.05, 0) is 36.2 Å². The summed E-state index contributed by atoms with van der Waals surface area (Å²) >= 11 is 0. The van der Waals surface area contributed by atoms with Crippen LogP contribution in [0.2, 0.25) is 0 Å². The minimum absolute atomic E-state index is 0.0850. The van der Waals surface area contributed by atoms with Crippen LogP contribution in [-0.2, 0) is 6.42 Å². The van der Waals surface area contributed by atoms with Crippen molar-refractivity contribution in [3.05, 3.63) is 65.7 Å². The van der Waals surface area contributed by atoms with Crippen LogP contribution in [0.1, 0.15) is 23.6 Å². The summed E-state index contributed by atoms with van der Waals surface area (Å²) in [6.45, 7) is 0.828. The van der Waals surface area contributed by atoms with Crippen LogP contribution >= 0.6 is 0 Å². The summed E-state index contributed by atoms with van der Waals surface area (Å²) in [6.07, 6.45) is 1.38. The highest BCUT2D eigenvalue weighted by molar-refractivity contribution is 5.28. The zero-order valence-electron chi connectivity index (χ0n) is 12.3. The van der Waals surface area contributed by atoms with E-state index in [4.69, 9.17) is 10.00 Å². The van der Waals surface area contributed by atoms with Gasteiger partial charge in [0, 0.05) is 6.04 Å². The molecule has 0 aliphatic heterocycles. The van der Waals surface area contributed by atoms with Gasteiger partial charge in [0.2, 0.25) is 0 Å². The molecule has 2 aromatic rings. The van der Waals surface area contributed by atoms with Crippen LogP contribution in [0.3, 0.4) is 0 Å². The number of benzene rings is 2. The minimum atomic E-state index is 0.0850. The van der Waals surface area contributed by atoms with Crippen LogP contribution in [0.25, 0.3) is 0 Å². The number of methoxy groups -OCH3 is 1. The molecule has 0 aromatic heterocycles. The van der Waals surface area contributed by atoms with Crippen molar-refractivity contribution in [2.45, 2.75) is 18.9 Å². The predicted molar refractivity (Wildman–Crippen MR) is 84.1 cm³/mol. The summed E-state index contributed by atoms with van der Waals surface area (Å²) in [4.78, 5) is 0. The Morgan fingerprint density at radius 1 is 1.14 bits per heavy atom. The lowest BCUT2D eigenvalue weighted by Gasteiger charge is -2.16. The number of nitrogens with zero attached hydrogens (tertiary/aromatic N) is 1. The highest BCUT2D eigenvalue weighted by Crippen LogP contribution is 2.16. The Morgan fingerprint density at radius 3 is 2.67 bits per heavy atom. The van der Waals surface area contributed by atoms with E-state index in [2.05, 4.69) is 29.6 Å². The molecule has 21 heavy (non-hydrogen) atoms. The third kappa shape index (κ3) is 4.62. The molecule has 0 saturated heterocycles. The van der Waals surface area contributed by atoms with Crippen molar-refractivity contribution in [1.82, 2.24) is 5.32 Å². The highest BCUT2D eigenvalue weighted by Gasteiger charge is 2.09. The Balaban J connectivity index is 1.92. The standard InChI is InChI=1S/C18H20N2O/c1-21-17-9-5-6-15(14-17)11-13-20-18(10-12-19)16-7-3-2-4-8-16/h2-9,14,18,20H,10-11,13H2,1H3. The number of rotatable bonds is 7. The second-order valence-corrected chi connectivity index (χ2v) is 4.88.